The van der Waals surface area contributed by atoms with Crippen LogP contribution in [0.4, 0.5) is 26.3 Å². The maximum Gasteiger partial charge on any atom is 0.416 e. The van der Waals surface area contributed by atoms with Gasteiger partial charge in [-0.2, -0.15) is 26.3 Å². The summed E-state index contributed by atoms with van der Waals surface area (Å²) in [5.74, 6) is -4.17. The second-order valence-electron chi connectivity index (χ2n) is 6.13. The third kappa shape index (κ3) is 6.95. The van der Waals surface area contributed by atoms with Crippen molar-refractivity contribution in [3.05, 3.63) is 34.9 Å². The largest absolute Gasteiger partial charge is 0.466 e. The van der Waals surface area contributed by atoms with Gasteiger partial charge in [-0.25, -0.2) is 0 Å². The maximum atomic E-state index is 12.9. The van der Waals surface area contributed by atoms with E-state index in [2.05, 4.69) is 4.74 Å². The molecule has 0 bridgehead atoms. The van der Waals surface area contributed by atoms with Gasteiger partial charge in [-0.15, -0.1) is 0 Å². The van der Waals surface area contributed by atoms with Crippen LogP contribution < -0.4 is 11.1 Å². The number of benzene rings is 1. The maximum absolute atomic E-state index is 12.9. The van der Waals surface area contributed by atoms with E-state index in [1.54, 1.807) is 0 Å². The average Bonchev–Trinajstić information content (AvgIpc) is 2.57. The molecule has 2 amide bonds. The van der Waals surface area contributed by atoms with Crippen molar-refractivity contribution in [2.45, 2.75) is 38.7 Å². The van der Waals surface area contributed by atoms with Gasteiger partial charge in [-0.1, -0.05) is 6.92 Å². The van der Waals surface area contributed by atoms with Crippen molar-refractivity contribution in [3.8, 4) is 0 Å². The van der Waals surface area contributed by atoms with Crippen molar-refractivity contribution in [1.82, 2.24) is 5.32 Å². The summed E-state index contributed by atoms with van der Waals surface area (Å²) < 4.78 is 82.1. The summed E-state index contributed by atoms with van der Waals surface area (Å²) >= 11 is 0. The van der Waals surface area contributed by atoms with Gasteiger partial charge < -0.3 is 15.8 Å². The number of amides is 2. The number of halogens is 6. The van der Waals surface area contributed by atoms with E-state index in [0.717, 1.165) is 0 Å². The van der Waals surface area contributed by atoms with Crippen LogP contribution in [0.3, 0.4) is 0 Å². The van der Waals surface area contributed by atoms with Gasteiger partial charge in [0.2, 0.25) is 5.91 Å². The number of hydrogen-bond donors (Lipinski definition) is 2. The molecule has 3 N–H and O–H groups in total. The van der Waals surface area contributed by atoms with E-state index in [-0.39, 0.29) is 31.2 Å². The van der Waals surface area contributed by atoms with Crippen LogP contribution in [0.5, 0.6) is 0 Å². The smallest absolute Gasteiger partial charge is 0.416 e. The zero-order valence-corrected chi connectivity index (χ0v) is 15.3. The van der Waals surface area contributed by atoms with Crippen molar-refractivity contribution in [1.29, 1.82) is 0 Å². The van der Waals surface area contributed by atoms with Gasteiger partial charge >= 0.3 is 18.3 Å². The predicted molar refractivity (Wildman–Crippen MR) is 87.3 cm³/mol. The number of nitrogens with one attached hydrogen (secondary N) is 1. The van der Waals surface area contributed by atoms with Crippen LogP contribution in [-0.2, 0) is 26.7 Å². The van der Waals surface area contributed by atoms with Crippen LogP contribution in [0.15, 0.2) is 18.2 Å². The number of hydrogen-bond acceptors (Lipinski definition) is 4. The highest BCUT2D eigenvalue weighted by Gasteiger charge is 2.38. The van der Waals surface area contributed by atoms with Gasteiger partial charge in [0.1, 0.15) is 6.04 Å². The number of nitrogens with two attached hydrogens (primary N) is 1. The first kappa shape index (κ1) is 24.2. The highest BCUT2D eigenvalue weighted by Crippen LogP contribution is 2.36. The summed E-state index contributed by atoms with van der Waals surface area (Å²) in [5.41, 5.74) is 0.801. The minimum Gasteiger partial charge on any atom is -0.466 e. The Hall–Kier alpha value is -2.79. The van der Waals surface area contributed by atoms with Crippen molar-refractivity contribution in [3.63, 3.8) is 0 Å². The molecule has 0 aromatic heterocycles. The Kier molecular flexibility index (Phi) is 7.64. The van der Waals surface area contributed by atoms with Crippen molar-refractivity contribution >= 4 is 17.8 Å². The third-order valence-electron chi connectivity index (χ3n) is 3.81. The lowest BCUT2D eigenvalue weighted by atomic mass is 9.96. The molecule has 0 saturated heterocycles. The van der Waals surface area contributed by atoms with E-state index in [1.165, 1.54) is 13.8 Å². The van der Waals surface area contributed by atoms with Gasteiger partial charge in [-0.05, 0) is 31.0 Å². The summed E-state index contributed by atoms with van der Waals surface area (Å²) in [6, 6.07) is -1.22. The first-order valence-corrected chi connectivity index (χ1v) is 8.22. The molecule has 0 unspecified atom stereocenters. The lowest BCUT2D eigenvalue weighted by Gasteiger charge is -2.22. The van der Waals surface area contributed by atoms with E-state index in [1.807, 2.05) is 5.32 Å². The van der Waals surface area contributed by atoms with Crippen LogP contribution in [0.1, 0.15) is 41.8 Å². The molecule has 1 aromatic carbocycles. The third-order valence-corrected chi connectivity index (χ3v) is 3.81. The Morgan fingerprint density at radius 1 is 1.03 bits per heavy atom. The van der Waals surface area contributed by atoms with Crippen LogP contribution in [0.2, 0.25) is 0 Å². The Balaban J connectivity index is 3.20. The monoisotopic (exact) mass is 428 g/mol. The molecule has 0 spiro atoms. The quantitative estimate of drug-likeness (QED) is 0.516. The topological polar surface area (TPSA) is 98.5 Å². The van der Waals surface area contributed by atoms with Gasteiger partial charge in [-0.3, -0.25) is 14.4 Å². The number of esters is 1. The van der Waals surface area contributed by atoms with E-state index in [9.17, 15) is 40.7 Å². The SMILES string of the molecule is CCOC(=O)C[C@@H](C)[C@@H](NC(=O)c1cc(C(F)(F)F)cc(C(F)(F)F)c1)C(N)=O. The summed E-state index contributed by atoms with van der Waals surface area (Å²) in [6.45, 7) is 2.91. The Morgan fingerprint density at radius 2 is 1.52 bits per heavy atom. The fraction of sp³-hybridized carbons (Fsp3) is 0.471. The zero-order chi connectivity index (χ0) is 22.6. The highest BCUT2D eigenvalue weighted by atomic mass is 19.4. The minimum atomic E-state index is -5.14. The average molecular weight is 428 g/mol. The molecule has 6 nitrogen and oxygen atoms in total. The first-order chi connectivity index (χ1) is 13.2. The molecule has 0 aliphatic heterocycles. The molecule has 0 aliphatic carbocycles. The van der Waals surface area contributed by atoms with Crippen LogP contribution >= 0.6 is 0 Å². The van der Waals surface area contributed by atoms with E-state index in [0.29, 0.717) is 0 Å². The van der Waals surface area contributed by atoms with Crippen molar-refractivity contribution in [2.75, 3.05) is 6.61 Å². The molecule has 0 radical (unpaired) electrons. The number of carbonyl (C=O) groups excluding carboxylic acids is 3. The molecular formula is C17H18F6N2O4. The summed E-state index contributed by atoms with van der Waals surface area (Å²) in [6.07, 6.45) is -10.6. The molecule has 162 valence electrons. The Labute approximate surface area is 161 Å². The molecule has 1 rings (SSSR count). The van der Waals surface area contributed by atoms with Crippen LogP contribution in [0, 0.1) is 5.92 Å². The fourth-order valence-corrected chi connectivity index (χ4v) is 2.41. The fourth-order valence-electron chi connectivity index (χ4n) is 2.41. The van der Waals surface area contributed by atoms with Gasteiger partial charge in [0.25, 0.3) is 5.91 Å². The van der Waals surface area contributed by atoms with E-state index < -0.39 is 58.8 Å². The number of rotatable bonds is 7. The molecule has 0 saturated carbocycles. The normalized spacial score (nSPS) is 14.1. The van der Waals surface area contributed by atoms with Crippen LogP contribution in [0.25, 0.3) is 0 Å². The van der Waals surface area contributed by atoms with E-state index in [4.69, 9.17) is 5.73 Å². The molecule has 0 aliphatic rings. The molecule has 0 fully saturated rings. The van der Waals surface area contributed by atoms with Gasteiger partial charge in [0.05, 0.1) is 24.2 Å². The molecule has 0 heterocycles. The number of alkyl halides is 6. The lowest BCUT2D eigenvalue weighted by Crippen LogP contribution is -2.49. The number of ether oxygens (including phenoxy) is 1. The molecular weight excluding hydrogens is 410 g/mol. The predicted octanol–water partition coefficient (Wildman–Crippen LogP) is 2.90. The van der Waals surface area contributed by atoms with Gasteiger partial charge in [0.15, 0.2) is 0 Å². The minimum absolute atomic E-state index is 0.0452. The molecule has 2 atom stereocenters. The van der Waals surface area contributed by atoms with E-state index >= 15 is 0 Å². The van der Waals surface area contributed by atoms with Crippen molar-refractivity contribution < 1.29 is 45.5 Å². The first-order valence-electron chi connectivity index (χ1n) is 8.22. The van der Waals surface area contributed by atoms with Gasteiger partial charge in [0, 0.05) is 5.56 Å². The highest BCUT2D eigenvalue weighted by molar-refractivity contribution is 5.97. The lowest BCUT2D eigenvalue weighted by molar-refractivity contribution is -0.145. The second kappa shape index (κ2) is 9.14. The van der Waals surface area contributed by atoms with Crippen LogP contribution in [-0.4, -0.2) is 30.4 Å². The second-order valence-corrected chi connectivity index (χ2v) is 6.13. The Bertz CT molecular complexity index is 744. The summed E-state index contributed by atoms with van der Waals surface area (Å²) in [4.78, 5) is 35.4. The number of carbonyl (C=O) groups is 3. The Morgan fingerprint density at radius 3 is 1.90 bits per heavy atom. The van der Waals surface area contributed by atoms with Crippen molar-refractivity contribution in [2.24, 2.45) is 11.7 Å². The number of primary amides is 1. The standard InChI is InChI=1S/C17H18F6N2O4/c1-3-29-12(26)4-8(2)13(14(24)27)25-15(28)9-5-10(16(18,19)20)7-11(6-9)17(21,22)23/h5-8,13H,3-4H2,1-2H3,(H2,24,27)(H,25,28)/t8-,13-/m1/s1. The molecule has 12 heteroatoms. The summed E-state index contributed by atoms with van der Waals surface area (Å²) in [5, 5.41) is 1.98. The molecule has 29 heavy (non-hydrogen) atoms. The summed E-state index contributed by atoms with van der Waals surface area (Å²) in [7, 11) is 0. The zero-order valence-electron chi connectivity index (χ0n) is 15.3. The molecule has 1 aromatic rings.